The van der Waals surface area contributed by atoms with Gasteiger partial charge in [-0.1, -0.05) is 12.1 Å². The van der Waals surface area contributed by atoms with E-state index in [4.69, 9.17) is 11.5 Å². The highest BCUT2D eigenvalue weighted by Gasteiger charge is 2.22. The summed E-state index contributed by atoms with van der Waals surface area (Å²) in [6, 6.07) is 4.89. The van der Waals surface area contributed by atoms with Gasteiger partial charge in [0.25, 0.3) is 5.69 Å². The fraction of sp³-hybridized carbons (Fsp3) is 0.500. The lowest BCUT2D eigenvalue weighted by Crippen LogP contribution is -2.34. The van der Waals surface area contributed by atoms with Gasteiger partial charge in [0.05, 0.1) is 4.92 Å². The third-order valence-corrected chi connectivity index (χ3v) is 3.96. The van der Waals surface area contributed by atoms with E-state index in [0.717, 1.165) is 31.5 Å². The fourth-order valence-electron chi connectivity index (χ4n) is 2.77. The second kappa shape index (κ2) is 6.53. The summed E-state index contributed by atoms with van der Waals surface area (Å²) >= 11 is 0. The average molecular weight is 292 g/mol. The molecule has 1 amide bonds. The molecule has 1 heterocycles. The van der Waals surface area contributed by atoms with Crippen LogP contribution in [0.1, 0.15) is 24.8 Å². The summed E-state index contributed by atoms with van der Waals surface area (Å²) in [6.45, 7) is 2.29. The molecule has 0 saturated carbocycles. The molecule has 0 bridgehead atoms. The van der Waals surface area contributed by atoms with Gasteiger partial charge in [0.2, 0.25) is 5.91 Å². The number of nitrogens with zero attached hydrogens (tertiary/aromatic N) is 2. The van der Waals surface area contributed by atoms with E-state index in [9.17, 15) is 14.9 Å². The largest absolute Gasteiger partial charge is 0.393 e. The zero-order chi connectivity index (χ0) is 15.4. The topological polar surface area (TPSA) is 115 Å². The molecule has 114 valence electrons. The van der Waals surface area contributed by atoms with E-state index < -0.39 is 4.92 Å². The van der Waals surface area contributed by atoms with Crippen molar-refractivity contribution < 1.29 is 9.72 Å². The van der Waals surface area contributed by atoms with Crippen LogP contribution in [0.4, 0.5) is 11.4 Å². The number of carbonyl (C=O) groups excluding carboxylic acids is 1. The van der Waals surface area contributed by atoms with Crippen LogP contribution in [0.2, 0.25) is 0 Å². The van der Waals surface area contributed by atoms with E-state index in [-0.39, 0.29) is 17.3 Å². The van der Waals surface area contributed by atoms with Crippen molar-refractivity contribution in [3.63, 3.8) is 0 Å². The van der Waals surface area contributed by atoms with Crippen molar-refractivity contribution in [1.29, 1.82) is 0 Å². The maximum absolute atomic E-state index is 10.9. The van der Waals surface area contributed by atoms with E-state index >= 15 is 0 Å². The zero-order valence-corrected chi connectivity index (χ0v) is 11.8. The van der Waals surface area contributed by atoms with E-state index in [1.165, 1.54) is 6.07 Å². The molecule has 0 radical (unpaired) electrons. The van der Waals surface area contributed by atoms with E-state index in [0.29, 0.717) is 18.9 Å². The van der Waals surface area contributed by atoms with Crippen molar-refractivity contribution >= 4 is 17.3 Å². The van der Waals surface area contributed by atoms with Gasteiger partial charge in [0, 0.05) is 19.0 Å². The van der Waals surface area contributed by atoms with Gasteiger partial charge in [-0.2, -0.15) is 0 Å². The van der Waals surface area contributed by atoms with Crippen LogP contribution in [0.3, 0.4) is 0 Å². The number of hydrogen-bond donors (Lipinski definition) is 2. The maximum atomic E-state index is 10.9. The molecule has 21 heavy (non-hydrogen) atoms. The summed E-state index contributed by atoms with van der Waals surface area (Å²) in [5, 5.41) is 10.9. The summed E-state index contributed by atoms with van der Waals surface area (Å²) in [5.41, 5.74) is 12.0. The van der Waals surface area contributed by atoms with Gasteiger partial charge in [-0.15, -0.1) is 0 Å². The molecule has 1 aliphatic heterocycles. The Morgan fingerprint density at radius 3 is 2.62 bits per heavy atom. The van der Waals surface area contributed by atoms with Crippen molar-refractivity contribution in [2.24, 2.45) is 11.7 Å². The Labute approximate surface area is 123 Å². The number of nitrogens with two attached hydrogens (primary N) is 2. The number of likely N-dealkylation sites (tertiary alicyclic amines) is 1. The standard InChI is InChI=1S/C14H20N4O3/c15-13(19)8-10-4-6-17(7-5-10)9-11-2-1-3-12(14(11)16)18(20)21/h1-3,10H,4-9,16H2,(H2,15,19). The van der Waals surface area contributed by atoms with Gasteiger partial charge in [-0.3, -0.25) is 19.8 Å². The van der Waals surface area contributed by atoms with Crippen LogP contribution in [0, 0.1) is 16.0 Å². The van der Waals surface area contributed by atoms with Gasteiger partial charge in [-0.05, 0) is 37.4 Å². The predicted molar refractivity (Wildman–Crippen MR) is 79.3 cm³/mol. The van der Waals surface area contributed by atoms with Crippen molar-refractivity contribution in [3.05, 3.63) is 33.9 Å². The summed E-state index contributed by atoms with van der Waals surface area (Å²) < 4.78 is 0. The van der Waals surface area contributed by atoms with Crippen LogP contribution in [0.25, 0.3) is 0 Å². The molecule has 7 heteroatoms. The summed E-state index contributed by atoms with van der Waals surface area (Å²) in [7, 11) is 0. The number of nitro benzene ring substituents is 1. The van der Waals surface area contributed by atoms with Gasteiger partial charge in [-0.25, -0.2) is 0 Å². The van der Waals surface area contributed by atoms with E-state index in [2.05, 4.69) is 4.90 Å². The van der Waals surface area contributed by atoms with Crippen LogP contribution < -0.4 is 11.5 Å². The lowest BCUT2D eigenvalue weighted by atomic mass is 9.93. The Bertz CT molecular complexity index is 539. The van der Waals surface area contributed by atoms with Gasteiger partial charge in [0.1, 0.15) is 5.69 Å². The lowest BCUT2D eigenvalue weighted by Gasteiger charge is -2.31. The number of para-hydroxylation sites is 1. The number of piperidine rings is 1. The van der Waals surface area contributed by atoms with E-state index in [1.54, 1.807) is 6.07 Å². The molecule has 0 atom stereocenters. The number of benzene rings is 1. The minimum absolute atomic E-state index is 0.0453. The molecule has 4 N–H and O–H groups in total. The van der Waals surface area contributed by atoms with Gasteiger partial charge >= 0.3 is 0 Å². The molecule has 1 saturated heterocycles. The molecule has 0 spiro atoms. The quantitative estimate of drug-likeness (QED) is 0.481. The summed E-state index contributed by atoms with van der Waals surface area (Å²) in [5.74, 6) is 0.0950. The number of nitrogen functional groups attached to an aromatic ring is 1. The van der Waals surface area contributed by atoms with Crippen LogP contribution in [0.5, 0.6) is 0 Å². The average Bonchev–Trinajstić information content (AvgIpc) is 2.42. The Morgan fingerprint density at radius 1 is 1.38 bits per heavy atom. The van der Waals surface area contributed by atoms with Crippen LogP contribution in [-0.2, 0) is 11.3 Å². The molecule has 7 nitrogen and oxygen atoms in total. The number of carbonyl (C=O) groups is 1. The third kappa shape index (κ3) is 3.91. The first-order chi connectivity index (χ1) is 9.97. The Hall–Kier alpha value is -2.15. The molecular weight excluding hydrogens is 272 g/mol. The molecule has 0 aromatic heterocycles. The number of hydrogen-bond acceptors (Lipinski definition) is 5. The lowest BCUT2D eigenvalue weighted by molar-refractivity contribution is -0.384. The second-order valence-electron chi connectivity index (χ2n) is 5.50. The summed E-state index contributed by atoms with van der Waals surface area (Å²) in [4.78, 5) is 23.5. The van der Waals surface area contributed by atoms with Crippen LogP contribution >= 0.6 is 0 Å². The number of rotatable bonds is 5. The second-order valence-corrected chi connectivity index (χ2v) is 5.50. The smallest absolute Gasteiger partial charge is 0.292 e. The molecule has 0 aliphatic carbocycles. The van der Waals surface area contributed by atoms with Crippen molar-refractivity contribution in [2.45, 2.75) is 25.8 Å². The van der Waals surface area contributed by atoms with Gasteiger partial charge < -0.3 is 11.5 Å². The van der Waals surface area contributed by atoms with Crippen LogP contribution in [-0.4, -0.2) is 28.8 Å². The number of nitro groups is 1. The molecule has 1 aromatic carbocycles. The Balaban J connectivity index is 1.96. The minimum atomic E-state index is -0.460. The third-order valence-electron chi connectivity index (χ3n) is 3.96. The normalized spacial score (nSPS) is 16.8. The number of amides is 1. The molecule has 0 unspecified atom stereocenters. The molecule has 1 fully saturated rings. The number of primary amides is 1. The van der Waals surface area contributed by atoms with Crippen molar-refractivity contribution in [1.82, 2.24) is 4.90 Å². The first-order valence-electron chi connectivity index (χ1n) is 6.99. The number of anilines is 1. The van der Waals surface area contributed by atoms with Crippen LogP contribution in [0.15, 0.2) is 18.2 Å². The minimum Gasteiger partial charge on any atom is -0.393 e. The van der Waals surface area contributed by atoms with Gasteiger partial charge in [0.15, 0.2) is 0 Å². The van der Waals surface area contributed by atoms with Crippen molar-refractivity contribution in [3.8, 4) is 0 Å². The predicted octanol–water partition coefficient (Wildman–Crippen LogP) is 1.26. The monoisotopic (exact) mass is 292 g/mol. The summed E-state index contributed by atoms with van der Waals surface area (Å²) in [6.07, 6.45) is 2.27. The first-order valence-corrected chi connectivity index (χ1v) is 6.99. The fourth-order valence-corrected chi connectivity index (χ4v) is 2.77. The molecular formula is C14H20N4O3. The highest BCUT2D eigenvalue weighted by atomic mass is 16.6. The molecule has 1 aromatic rings. The first kappa shape index (κ1) is 15.2. The highest BCUT2D eigenvalue weighted by Crippen LogP contribution is 2.27. The maximum Gasteiger partial charge on any atom is 0.292 e. The van der Waals surface area contributed by atoms with E-state index in [1.807, 2.05) is 6.07 Å². The van der Waals surface area contributed by atoms with Crippen molar-refractivity contribution in [2.75, 3.05) is 18.8 Å². The SMILES string of the molecule is NC(=O)CC1CCN(Cc2cccc([N+](=O)[O-])c2N)CC1. The Kier molecular flexibility index (Phi) is 4.74. The highest BCUT2D eigenvalue weighted by molar-refractivity contribution is 5.74. The molecule has 2 rings (SSSR count). The molecule has 1 aliphatic rings. The Morgan fingerprint density at radius 2 is 2.05 bits per heavy atom. The zero-order valence-electron chi connectivity index (χ0n) is 11.8.